The number of H-pyrrole nitrogens is 1. The fourth-order valence-electron chi connectivity index (χ4n) is 3.13. The molecule has 0 aliphatic heterocycles. The molecule has 1 heterocycles. The molecule has 2 aliphatic rings. The summed E-state index contributed by atoms with van der Waals surface area (Å²) >= 11 is 0. The van der Waals surface area contributed by atoms with Gasteiger partial charge in [-0.2, -0.15) is 5.10 Å². The molecule has 1 aromatic carbocycles. The number of amides is 1. The van der Waals surface area contributed by atoms with E-state index in [-0.39, 0.29) is 5.91 Å². The number of hydrogen-bond acceptors (Lipinski definition) is 3. The molecule has 0 bridgehead atoms. The Hall–Kier alpha value is -2.37. The molecule has 2 aliphatic carbocycles. The van der Waals surface area contributed by atoms with E-state index in [1.54, 1.807) is 0 Å². The van der Waals surface area contributed by atoms with Crippen molar-refractivity contribution in [1.29, 1.82) is 0 Å². The fraction of sp³-hybridized carbons (Fsp3) is 0.333. The highest BCUT2D eigenvalue weighted by Gasteiger charge is 2.48. The highest BCUT2D eigenvalue weighted by Crippen LogP contribution is 2.56. The van der Waals surface area contributed by atoms with Crippen molar-refractivity contribution in [3.8, 4) is 5.75 Å². The summed E-state index contributed by atoms with van der Waals surface area (Å²) in [5, 5.41) is 9.76. The first-order chi connectivity index (χ1) is 10.2. The lowest BCUT2D eigenvalue weighted by Crippen LogP contribution is -2.15. The number of nitrogens with one attached hydrogen (secondary N) is 2. The number of ether oxygens (including phenoxy) is 1. The highest BCUT2D eigenvalue weighted by molar-refractivity contribution is 6.05. The molecule has 1 saturated carbocycles. The largest absolute Gasteiger partial charge is 0.495 e. The number of aromatic nitrogens is 2. The van der Waals surface area contributed by atoms with Gasteiger partial charge in [-0.3, -0.25) is 9.89 Å². The van der Waals surface area contributed by atoms with Crippen LogP contribution in [0.4, 0.5) is 10.1 Å². The standard InChI is InChI=1S/C15H14FN3O2/c1-21-12-3-2-8(16)6-11(12)17-15(20)14-10-5-7-4-9(7)13(10)18-19-14/h2-3,6-7,9H,4-5H2,1H3,(H,17,20)(H,18,19). The number of fused-ring (bicyclic) bond motifs is 3. The normalized spacial score (nSPS) is 21.6. The first-order valence-electron chi connectivity index (χ1n) is 6.89. The van der Waals surface area contributed by atoms with Crippen molar-refractivity contribution >= 4 is 11.6 Å². The molecule has 2 N–H and O–H groups in total. The van der Waals surface area contributed by atoms with Gasteiger partial charge >= 0.3 is 0 Å². The maximum Gasteiger partial charge on any atom is 0.276 e. The fourth-order valence-corrected chi connectivity index (χ4v) is 3.13. The molecular formula is C15H14FN3O2. The van der Waals surface area contributed by atoms with E-state index in [1.807, 2.05) is 0 Å². The Morgan fingerprint density at radius 1 is 1.52 bits per heavy atom. The lowest BCUT2D eigenvalue weighted by Gasteiger charge is -2.09. The van der Waals surface area contributed by atoms with E-state index in [1.165, 1.54) is 31.7 Å². The number of carbonyl (C=O) groups excluding carboxylic acids is 1. The van der Waals surface area contributed by atoms with Gasteiger partial charge in [-0.1, -0.05) is 0 Å². The van der Waals surface area contributed by atoms with Crippen molar-refractivity contribution < 1.29 is 13.9 Å². The predicted octanol–water partition coefficient (Wildman–Crippen LogP) is 2.47. The van der Waals surface area contributed by atoms with Crippen LogP contribution in [0.25, 0.3) is 0 Å². The molecule has 5 nitrogen and oxygen atoms in total. The van der Waals surface area contributed by atoms with Crippen LogP contribution in [0.1, 0.15) is 34.1 Å². The van der Waals surface area contributed by atoms with Crippen LogP contribution in [0, 0.1) is 11.7 Å². The van der Waals surface area contributed by atoms with Crippen LogP contribution in [-0.2, 0) is 6.42 Å². The maximum atomic E-state index is 13.3. The van der Waals surface area contributed by atoms with Crippen LogP contribution in [0.2, 0.25) is 0 Å². The maximum absolute atomic E-state index is 13.3. The predicted molar refractivity (Wildman–Crippen MR) is 74.0 cm³/mol. The number of rotatable bonds is 3. The molecule has 2 unspecified atom stereocenters. The van der Waals surface area contributed by atoms with Crippen LogP contribution in [0.3, 0.4) is 0 Å². The average molecular weight is 287 g/mol. The van der Waals surface area contributed by atoms with Crippen LogP contribution in [-0.4, -0.2) is 23.2 Å². The number of nitrogens with zero attached hydrogens (tertiary/aromatic N) is 1. The second kappa shape index (κ2) is 4.31. The van der Waals surface area contributed by atoms with Gasteiger partial charge in [0.05, 0.1) is 12.8 Å². The van der Waals surface area contributed by atoms with E-state index in [0.717, 1.165) is 17.7 Å². The van der Waals surface area contributed by atoms with Crippen LogP contribution in [0.5, 0.6) is 5.75 Å². The molecule has 6 heteroatoms. The van der Waals surface area contributed by atoms with Gasteiger partial charge in [0, 0.05) is 23.2 Å². The lowest BCUT2D eigenvalue weighted by molar-refractivity contribution is 0.102. The Morgan fingerprint density at radius 2 is 2.38 bits per heavy atom. The number of methoxy groups -OCH3 is 1. The second-order valence-corrected chi connectivity index (χ2v) is 5.57. The van der Waals surface area contributed by atoms with Gasteiger partial charge in [0.2, 0.25) is 0 Å². The molecule has 1 aromatic heterocycles. The summed E-state index contributed by atoms with van der Waals surface area (Å²) in [7, 11) is 1.47. The summed E-state index contributed by atoms with van der Waals surface area (Å²) in [5.74, 6) is 0.874. The highest BCUT2D eigenvalue weighted by atomic mass is 19.1. The molecule has 108 valence electrons. The van der Waals surface area contributed by atoms with Crippen LogP contribution < -0.4 is 10.1 Å². The Balaban J connectivity index is 1.62. The Kier molecular flexibility index (Phi) is 2.54. The van der Waals surface area contributed by atoms with Crippen LogP contribution in [0.15, 0.2) is 18.2 Å². The number of aromatic amines is 1. The molecule has 21 heavy (non-hydrogen) atoms. The van der Waals surface area contributed by atoms with Gasteiger partial charge in [0.1, 0.15) is 11.6 Å². The van der Waals surface area contributed by atoms with Crippen molar-refractivity contribution in [3.05, 3.63) is 41.0 Å². The zero-order valence-corrected chi connectivity index (χ0v) is 11.4. The Labute approximate surface area is 120 Å². The van der Waals surface area contributed by atoms with E-state index < -0.39 is 5.82 Å². The van der Waals surface area contributed by atoms with Crippen molar-refractivity contribution in [1.82, 2.24) is 10.2 Å². The quantitative estimate of drug-likeness (QED) is 0.911. The number of anilines is 1. The summed E-state index contributed by atoms with van der Waals surface area (Å²) in [6.45, 7) is 0. The summed E-state index contributed by atoms with van der Waals surface area (Å²) in [6.07, 6.45) is 2.09. The van der Waals surface area contributed by atoms with E-state index >= 15 is 0 Å². The number of halogens is 1. The third kappa shape index (κ3) is 1.90. The van der Waals surface area contributed by atoms with Gasteiger partial charge in [-0.25, -0.2) is 4.39 Å². The zero-order valence-electron chi connectivity index (χ0n) is 11.4. The zero-order chi connectivity index (χ0) is 14.6. The van der Waals surface area contributed by atoms with Gasteiger partial charge in [0.25, 0.3) is 5.91 Å². The topological polar surface area (TPSA) is 67.0 Å². The van der Waals surface area contributed by atoms with E-state index in [9.17, 15) is 9.18 Å². The summed E-state index contributed by atoms with van der Waals surface area (Å²) < 4.78 is 18.5. The van der Waals surface area contributed by atoms with E-state index in [4.69, 9.17) is 4.74 Å². The molecule has 0 saturated heterocycles. The van der Waals surface area contributed by atoms with Gasteiger partial charge in [0.15, 0.2) is 5.69 Å². The molecule has 0 spiro atoms. The third-order valence-electron chi connectivity index (χ3n) is 4.28. The summed E-state index contributed by atoms with van der Waals surface area (Å²) in [6, 6.07) is 4.00. The number of benzene rings is 1. The molecule has 0 radical (unpaired) electrons. The van der Waals surface area contributed by atoms with Crippen molar-refractivity contribution in [3.63, 3.8) is 0 Å². The van der Waals surface area contributed by atoms with E-state index in [2.05, 4.69) is 15.5 Å². The minimum absolute atomic E-state index is 0.308. The Bertz CT molecular complexity index is 741. The van der Waals surface area contributed by atoms with Crippen LogP contribution >= 0.6 is 0 Å². The molecule has 2 aromatic rings. The second-order valence-electron chi connectivity index (χ2n) is 5.57. The molecular weight excluding hydrogens is 273 g/mol. The number of hydrogen-bond donors (Lipinski definition) is 2. The van der Waals surface area contributed by atoms with Crippen molar-refractivity contribution in [2.75, 3.05) is 12.4 Å². The summed E-state index contributed by atoms with van der Waals surface area (Å²) in [5.41, 5.74) is 2.81. The minimum atomic E-state index is -0.431. The molecule has 1 fully saturated rings. The molecule has 2 atom stereocenters. The molecule has 1 amide bonds. The smallest absolute Gasteiger partial charge is 0.276 e. The van der Waals surface area contributed by atoms with Crippen molar-refractivity contribution in [2.24, 2.45) is 5.92 Å². The Morgan fingerprint density at radius 3 is 3.19 bits per heavy atom. The van der Waals surface area contributed by atoms with Gasteiger partial charge in [-0.05, 0) is 30.9 Å². The third-order valence-corrected chi connectivity index (χ3v) is 4.28. The van der Waals surface area contributed by atoms with Crippen molar-refractivity contribution in [2.45, 2.75) is 18.8 Å². The molecule has 4 rings (SSSR count). The van der Waals surface area contributed by atoms with Gasteiger partial charge in [-0.15, -0.1) is 0 Å². The average Bonchev–Trinajstić information content (AvgIpc) is 2.94. The van der Waals surface area contributed by atoms with E-state index in [0.29, 0.717) is 29.0 Å². The SMILES string of the molecule is COc1ccc(F)cc1NC(=O)c1n[nH]c2c1CC1CC21. The first-order valence-corrected chi connectivity index (χ1v) is 6.89. The number of carbonyl (C=O) groups is 1. The van der Waals surface area contributed by atoms with Gasteiger partial charge < -0.3 is 10.1 Å². The lowest BCUT2D eigenvalue weighted by atomic mass is 10.1. The monoisotopic (exact) mass is 287 g/mol. The minimum Gasteiger partial charge on any atom is -0.495 e. The first kappa shape index (κ1) is 12.4. The summed E-state index contributed by atoms with van der Waals surface area (Å²) in [4.78, 5) is 12.4.